The third-order valence-electron chi connectivity index (χ3n) is 3.63. The molecule has 0 unspecified atom stereocenters. The number of hydrogen-bond donors (Lipinski definition) is 1. The third kappa shape index (κ3) is 1.90. The van der Waals surface area contributed by atoms with Crippen LogP contribution in [0.15, 0.2) is 18.2 Å². The average Bonchev–Trinajstić information content (AvgIpc) is 3.24. The van der Waals surface area contributed by atoms with Gasteiger partial charge in [0.25, 0.3) is 0 Å². The summed E-state index contributed by atoms with van der Waals surface area (Å²) in [6.45, 7) is 1.97. The maximum absolute atomic E-state index is 9.16. The van der Waals surface area contributed by atoms with Gasteiger partial charge in [-0.1, -0.05) is 0 Å². The van der Waals surface area contributed by atoms with Gasteiger partial charge in [-0.25, -0.2) is 4.98 Å². The van der Waals surface area contributed by atoms with Crippen LogP contribution in [0.25, 0.3) is 11.3 Å². The molecule has 1 fully saturated rings. The van der Waals surface area contributed by atoms with Gasteiger partial charge in [-0.15, -0.1) is 0 Å². The Kier molecular flexibility index (Phi) is 2.87. The molecule has 0 atom stereocenters. The number of ether oxygens (including phenoxy) is 1. The molecule has 0 amide bonds. The smallest absolute Gasteiger partial charge is 0.136 e. The van der Waals surface area contributed by atoms with Crippen molar-refractivity contribution < 1.29 is 4.74 Å². The molecule has 0 bridgehead atoms. The molecule has 1 heterocycles. The van der Waals surface area contributed by atoms with E-state index >= 15 is 0 Å². The summed E-state index contributed by atoms with van der Waals surface area (Å²) in [4.78, 5) is 4.56. The Morgan fingerprint density at radius 3 is 2.80 bits per heavy atom. The van der Waals surface area contributed by atoms with Gasteiger partial charge in [0, 0.05) is 11.6 Å². The predicted octanol–water partition coefficient (Wildman–Crippen LogP) is 2.66. The van der Waals surface area contributed by atoms with Crippen LogP contribution in [-0.4, -0.2) is 16.7 Å². The lowest BCUT2D eigenvalue weighted by Gasteiger charge is -2.07. The number of imidazole rings is 1. The standard InChI is InChI=1S/C15H16N4O/c1-9-18-14(15(17)19(9)12-4-5-12)10-3-6-13(20-2)11(7-10)8-16/h3,6-7,12H,4-5,17H2,1-2H3. The molecule has 2 N–H and O–H groups in total. The van der Waals surface area contributed by atoms with Crippen molar-refractivity contribution in [3.05, 3.63) is 29.6 Å². The Hall–Kier alpha value is -2.48. The molecule has 2 aromatic rings. The van der Waals surface area contributed by atoms with E-state index in [2.05, 4.69) is 15.6 Å². The van der Waals surface area contributed by atoms with Crippen molar-refractivity contribution in [3.8, 4) is 23.1 Å². The molecule has 0 aliphatic heterocycles. The Morgan fingerprint density at radius 1 is 1.45 bits per heavy atom. The fraction of sp³-hybridized carbons (Fsp3) is 0.333. The molecule has 0 radical (unpaired) electrons. The van der Waals surface area contributed by atoms with E-state index < -0.39 is 0 Å². The SMILES string of the molecule is COc1ccc(-c2nc(C)n(C3CC3)c2N)cc1C#N. The lowest BCUT2D eigenvalue weighted by Crippen LogP contribution is -2.02. The summed E-state index contributed by atoms with van der Waals surface area (Å²) in [5.74, 6) is 2.17. The van der Waals surface area contributed by atoms with Crippen LogP contribution in [0, 0.1) is 18.3 Å². The second-order valence-electron chi connectivity index (χ2n) is 5.02. The van der Waals surface area contributed by atoms with Gasteiger partial charge in [0.1, 0.15) is 29.2 Å². The summed E-state index contributed by atoms with van der Waals surface area (Å²) >= 11 is 0. The van der Waals surface area contributed by atoms with Crippen LogP contribution in [0.1, 0.15) is 30.3 Å². The second kappa shape index (κ2) is 4.57. The molecule has 1 aliphatic carbocycles. The van der Waals surface area contributed by atoms with Crippen LogP contribution >= 0.6 is 0 Å². The molecule has 0 spiro atoms. The number of aryl methyl sites for hydroxylation is 1. The fourth-order valence-electron chi connectivity index (χ4n) is 2.51. The zero-order valence-electron chi connectivity index (χ0n) is 11.6. The number of aromatic nitrogens is 2. The molecule has 5 heteroatoms. The number of nitriles is 1. The van der Waals surface area contributed by atoms with Crippen LogP contribution < -0.4 is 10.5 Å². The van der Waals surface area contributed by atoms with E-state index in [0.717, 1.165) is 29.9 Å². The number of rotatable bonds is 3. The van der Waals surface area contributed by atoms with Gasteiger partial charge in [0.15, 0.2) is 0 Å². The minimum absolute atomic E-state index is 0.489. The first-order valence-corrected chi connectivity index (χ1v) is 6.58. The Bertz CT molecular complexity index is 707. The van der Waals surface area contributed by atoms with E-state index in [-0.39, 0.29) is 0 Å². The zero-order valence-corrected chi connectivity index (χ0v) is 11.6. The first-order chi connectivity index (χ1) is 9.65. The monoisotopic (exact) mass is 268 g/mol. The largest absolute Gasteiger partial charge is 0.495 e. The highest BCUT2D eigenvalue weighted by molar-refractivity contribution is 5.73. The maximum Gasteiger partial charge on any atom is 0.136 e. The number of benzene rings is 1. The maximum atomic E-state index is 9.16. The fourth-order valence-corrected chi connectivity index (χ4v) is 2.51. The minimum Gasteiger partial charge on any atom is -0.495 e. The average molecular weight is 268 g/mol. The van der Waals surface area contributed by atoms with E-state index in [0.29, 0.717) is 23.2 Å². The van der Waals surface area contributed by atoms with Crippen LogP contribution in [0.2, 0.25) is 0 Å². The Balaban J connectivity index is 2.10. The molecule has 102 valence electrons. The lowest BCUT2D eigenvalue weighted by atomic mass is 10.1. The van der Waals surface area contributed by atoms with Crippen molar-refractivity contribution in [2.45, 2.75) is 25.8 Å². The van der Waals surface area contributed by atoms with Crippen molar-refractivity contribution in [2.75, 3.05) is 12.8 Å². The third-order valence-corrected chi connectivity index (χ3v) is 3.63. The molecule has 1 aliphatic rings. The molecule has 0 saturated heterocycles. The summed E-state index contributed by atoms with van der Waals surface area (Å²) in [7, 11) is 1.55. The highest BCUT2D eigenvalue weighted by Gasteiger charge is 2.28. The van der Waals surface area contributed by atoms with Gasteiger partial charge in [0.2, 0.25) is 0 Å². The number of nitrogens with zero attached hydrogens (tertiary/aromatic N) is 3. The highest BCUT2D eigenvalue weighted by Crippen LogP contribution is 2.41. The summed E-state index contributed by atoms with van der Waals surface area (Å²) in [6.07, 6.45) is 2.32. The Labute approximate surface area is 117 Å². The summed E-state index contributed by atoms with van der Waals surface area (Å²) in [5.41, 5.74) is 8.31. The van der Waals surface area contributed by atoms with Crippen molar-refractivity contribution in [1.82, 2.24) is 9.55 Å². The van der Waals surface area contributed by atoms with Gasteiger partial charge in [-0.2, -0.15) is 5.26 Å². The number of hydrogen-bond acceptors (Lipinski definition) is 4. The van der Waals surface area contributed by atoms with E-state index in [1.807, 2.05) is 13.0 Å². The molecule has 3 rings (SSSR count). The predicted molar refractivity (Wildman–Crippen MR) is 76.4 cm³/mol. The number of anilines is 1. The molecule has 1 aromatic heterocycles. The van der Waals surface area contributed by atoms with E-state index in [9.17, 15) is 0 Å². The molecular formula is C15H16N4O. The van der Waals surface area contributed by atoms with E-state index in [1.54, 1.807) is 19.2 Å². The van der Waals surface area contributed by atoms with Crippen LogP contribution in [-0.2, 0) is 0 Å². The van der Waals surface area contributed by atoms with Gasteiger partial charge in [-0.05, 0) is 38.0 Å². The van der Waals surface area contributed by atoms with Gasteiger partial charge in [-0.3, -0.25) is 0 Å². The molecule has 20 heavy (non-hydrogen) atoms. The molecular weight excluding hydrogens is 252 g/mol. The second-order valence-corrected chi connectivity index (χ2v) is 5.02. The number of nitrogens with two attached hydrogens (primary N) is 1. The zero-order chi connectivity index (χ0) is 14.3. The van der Waals surface area contributed by atoms with Crippen LogP contribution in [0.5, 0.6) is 5.75 Å². The summed E-state index contributed by atoms with van der Waals surface area (Å²) < 4.78 is 7.24. The first-order valence-electron chi connectivity index (χ1n) is 6.58. The molecule has 1 saturated carbocycles. The van der Waals surface area contributed by atoms with Crippen LogP contribution in [0.4, 0.5) is 5.82 Å². The topological polar surface area (TPSA) is 76.9 Å². The van der Waals surface area contributed by atoms with Gasteiger partial charge < -0.3 is 15.0 Å². The number of methoxy groups -OCH3 is 1. The van der Waals surface area contributed by atoms with Crippen LogP contribution in [0.3, 0.4) is 0 Å². The van der Waals surface area contributed by atoms with Crippen molar-refractivity contribution >= 4 is 5.82 Å². The highest BCUT2D eigenvalue weighted by atomic mass is 16.5. The summed E-state index contributed by atoms with van der Waals surface area (Å²) in [6, 6.07) is 8.06. The van der Waals surface area contributed by atoms with Crippen molar-refractivity contribution in [1.29, 1.82) is 5.26 Å². The van der Waals surface area contributed by atoms with Gasteiger partial charge in [0.05, 0.1) is 12.7 Å². The molecule has 1 aromatic carbocycles. The first kappa shape index (κ1) is 12.5. The minimum atomic E-state index is 0.489. The van der Waals surface area contributed by atoms with Crippen molar-refractivity contribution in [2.24, 2.45) is 0 Å². The van der Waals surface area contributed by atoms with Crippen molar-refractivity contribution in [3.63, 3.8) is 0 Å². The quantitative estimate of drug-likeness (QED) is 0.928. The van der Waals surface area contributed by atoms with Gasteiger partial charge >= 0.3 is 0 Å². The summed E-state index contributed by atoms with van der Waals surface area (Å²) in [5, 5.41) is 9.16. The Morgan fingerprint density at radius 2 is 2.20 bits per heavy atom. The molecule has 5 nitrogen and oxygen atoms in total. The van der Waals surface area contributed by atoms with E-state index in [1.165, 1.54) is 0 Å². The lowest BCUT2D eigenvalue weighted by molar-refractivity contribution is 0.413. The normalized spacial score (nSPS) is 14.1. The van der Waals surface area contributed by atoms with E-state index in [4.69, 9.17) is 15.7 Å². The number of nitrogen functional groups attached to an aromatic ring is 1.